The SMILES string of the molecule is O=C(Nc1ccc(F)c(NC(=O)c2ccc3nc(CN4CC5(CCC5)C4)ccc3c2)c1)c1ccc2c(c1)OCCO2. The lowest BCUT2D eigenvalue weighted by molar-refractivity contribution is -0.0650. The van der Waals surface area contributed by atoms with Crippen LogP contribution < -0.4 is 20.1 Å². The molecular formula is C32H29FN4O4. The van der Waals surface area contributed by atoms with E-state index < -0.39 is 17.6 Å². The molecule has 0 bridgehead atoms. The second-order valence-electron chi connectivity index (χ2n) is 11.2. The largest absolute Gasteiger partial charge is 0.486 e. The van der Waals surface area contributed by atoms with Crippen LogP contribution in [0.4, 0.5) is 15.8 Å². The van der Waals surface area contributed by atoms with Gasteiger partial charge in [0.05, 0.1) is 16.9 Å². The Labute approximate surface area is 236 Å². The van der Waals surface area contributed by atoms with E-state index in [2.05, 4.69) is 15.5 Å². The maximum Gasteiger partial charge on any atom is 0.255 e. The number of nitrogens with zero attached hydrogens (tertiary/aromatic N) is 2. The number of amides is 2. The number of nitrogens with one attached hydrogen (secondary N) is 2. The summed E-state index contributed by atoms with van der Waals surface area (Å²) >= 11 is 0. The van der Waals surface area contributed by atoms with Crippen molar-refractivity contribution in [2.75, 3.05) is 36.9 Å². The molecule has 7 rings (SSSR count). The Morgan fingerprint density at radius 1 is 0.854 bits per heavy atom. The van der Waals surface area contributed by atoms with E-state index in [9.17, 15) is 14.0 Å². The van der Waals surface area contributed by atoms with Crippen molar-refractivity contribution in [1.29, 1.82) is 0 Å². The third kappa shape index (κ3) is 5.09. The van der Waals surface area contributed by atoms with Gasteiger partial charge in [-0.1, -0.05) is 12.5 Å². The Bertz CT molecular complexity index is 1680. The number of fused-ring (bicyclic) bond motifs is 2. The lowest BCUT2D eigenvalue weighted by Gasteiger charge is -2.56. The zero-order valence-electron chi connectivity index (χ0n) is 22.4. The maximum atomic E-state index is 14.6. The van der Waals surface area contributed by atoms with E-state index in [4.69, 9.17) is 14.5 Å². The van der Waals surface area contributed by atoms with E-state index >= 15 is 0 Å². The molecule has 2 N–H and O–H groups in total. The molecule has 208 valence electrons. The van der Waals surface area contributed by atoms with E-state index in [1.807, 2.05) is 18.2 Å². The first kappa shape index (κ1) is 25.5. The molecule has 0 unspecified atom stereocenters. The average molecular weight is 553 g/mol. The van der Waals surface area contributed by atoms with Crippen molar-refractivity contribution in [3.63, 3.8) is 0 Å². The highest BCUT2D eigenvalue weighted by molar-refractivity contribution is 6.07. The van der Waals surface area contributed by atoms with Crippen LogP contribution in [0.1, 0.15) is 45.7 Å². The monoisotopic (exact) mass is 552 g/mol. The van der Waals surface area contributed by atoms with Gasteiger partial charge in [0.25, 0.3) is 11.8 Å². The normalized spacial score (nSPS) is 17.0. The van der Waals surface area contributed by atoms with Crippen LogP contribution in [0, 0.1) is 11.2 Å². The van der Waals surface area contributed by atoms with E-state index in [0.717, 1.165) is 36.2 Å². The number of pyridine rings is 1. The molecule has 9 heteroatoms. The van der Waals surface area contributed by atoms with Crippen LogP contribution in [0.15, 0.2) is 66.7 Å². The van der Waals surface area contributed by atoms with Crippen LogP contribution in [-0.4, -0.2) is 48.0 Å². The number of hydrogen-bond donors (Lipinski definition) is 2. The third-order valence-corrected chi connectivity index (χ3v) is 8.20. The molecule has 8 nitrogen and oxygen atoms in total. The van der Waals surface area contributed by atoms with E-state index in [1.54, 1.807) is 30.3 Å². The van der Waals surface area contributed by atoms with Crippen molar-refractivity contribution in [1.82, 2.24) is 9.88 Å². The quantitative estimate of drug-likeness (QED) is 0.322. The molecule has 41 heavy (non-hydrogen) atoms. The molecule has 1 saturated carbocycles. The van der Waals surface area contributed by atoms with Gasteiger partial charge in [-0.15, -0.1) is 0 Å². The summed E-state index contributed by atoms with van der Waals surface area (Å²) in [6.45, 7) is 4.02. The summed E-state index contributed by atoms with van der Waals surface area (Å²) in [6, 6.07) is 18.2. The second kappa shape index (κ2) is 10.2. The van der Waals surface area contributed by atoms with Gasteiger partial charge < -0.3 is 20.1 Å². The highest BCUT2D eigenvalue weighted by atomic mass is 19.1. The number of likely N-dealkylation sites (tertiary alicyclic amines) is 1. The summed E-state index contributed by atoms with van der Waals surface area (Å²) in [5.41, 5.74) is 3.45. The van der Waals surface area contributed by atoms with Gasteiger partial charge >= 0.3 is 0 Å². The van der Waals surface area contributed by atoms with Gasteiger partial charge in [0, 0.05) is 41.8 Å². The summed E-state index contributed by atoms with van der Waals surface area (Å²) < 4.78 is 25.7. The third-order valence-electron chi connectivity index (χ3n) is 8.20. The van der Waals surface area contributed by atoms with Gasteiger partial charge in [0.2, 0.25) is 0 Å². The Hall–Kier alpha value is -4.50. The number of carbonyl (C=O) groups is 2. The van der Waals surface area contributed by atoms with Crippen molar-refractivity contribution in [2.45, 2.75) is 25.8 Å². The highest BCUT2D eigenvalue weighted by Gasteiger charge is 2.46. The number of benzene rings is 3. The molecule has 1 aliphatic carbocycles. The average Bonchev–Trinajstić information content (AvgIpc) is 2.94. The second-order valence-corrected chi connectivity index (χ2v) is 11.2. The Morgan fingerprint density at radius 3 is 2.41 bits per heavy atom. The molecule has 3 aliphatic rings. The Morgan fingerprint density at radius 2 is 1.61 bits per heavy atom. The smallest absolute Gasteiger partial charge is 0.255 e. The van der Waals surface area contributed by atoms with Gasteiger partial charge in [-0.05, 0) is 78.9 Å². The zero-order valence-corrected chi connectivity index (χ0v) is 22.4. The van der Waals surface area contributed by atoms with Crippen LogP contribution in [0.3, 0.4) is 0 Å². The van der Waals surface area contributed by atoms with E-state index in [1.165, 1.54) is 37.5 Å². The topological polar surface area (TPSA) is 92.8 Å². The number of rotatable bonds is 6. The molecule has 2 amide bonds. The predicted octanol–water partition coefficient (Wildman–Crippen LogP) is 5.64. The minimum absolute atomic E-state index is 0.0395. The standard InChI is InChI=1S/C32H29FN4O4/c33-25-7-6-23(35-30(38)22-4-9-28-29(15-22)41-13-12-40-28)16-27(25)36-31(39)21-3-8-26-20(14-21)2-5-24(34-26)17-37-18-32(19-37)10-1-11-32/h2-9,14-16H,1,10-13,17-19H2,(H,35,38)(H,36,39). The lowest BCUT2D eigenvalue weighted by Crippen LogP contribution is -2.59. The summed E-state index contributed by atoms with van der Waals surface area (Å²) in [5.74, 6) is -0.397. The highest BCUT2D eigenvalue weighted by Crippen LogP contribution is 2.48. The number of aromatic nitrogens is 1. The summed E-state index contributed by atoms with van der Waals surface area (Å²) in [5, 5.41) is 6.21. The molecule has 1 spiro atoms. The predicted molar refractivity (Wildman–Crippen MR) is 153 cm³/mol. The summed E-state index contributed by atoms with van der Waals surface area (Å²) in [6.07, 6.45) is 4.06. The Balaban J connectivity index is 1.02. The zero-order chi connectivity index (χ0) is 28.0. The number of carbonyl (C=O) groups excluding carboxylic acids is 2. The van der Waals surface area contributed by atoms with Gasteiger partial charge in [-0.3, -0.25) is 19.5 Å². The molecule has 3 heterocycles. The van der Waals surface area contributed by atoms with Crippen molar-refractivity contribution in [3.05, 3.63) is 89.4 Å². The molecule has 1 aromatic heterocycles. The molecule has 2 aliphatic heterocycles. The summed E-state index contributed by atoms with van der Waals surface area (Å²) in [7, 11) is 0. The minimum atomic E-state index is -0.613. The van der Waals surface area contributed by atoms with Crippen molar-refractivity contribution in [2.24, 2.45) is 5.41 Å². The molecule has 0 radical (unpaired) electrons. The van der Waals surface area contributed by atoms with Crippen molar-refractivity contribution >= 4 is 34.1 Å². The van der Waals surface area contributed by atoms with Crippen molar-refractivity contribution < 1.29 is 23.5 Å². The summed E-state index contributed by atoms with van der Waals surface area (Å²) in [4.78, 5) is 33.1. The van der Waals surface area contributed by atoms with E-state index in [-0.39, 0.29) is 5.69 Å². The fraction of sp³-hybridized carbons (Fsp3) is 0.281. The van der Waals surface area contributed by atoms with Crippen LogP contribution in [0.25, 0.3) is 10.9 Å². The molecule has 3 aromatic carbocycles. The van der Waals surface area contributed by atoms with Gasteiger partial charge in [0.15, 0.2) is 11.5 Å². The van der Waals surface area contributed by atoms with Crippen LogP contribution in [-0.2, 0) is 6.54 Å². The van der Waals surface area contributed by atoms with Crippen LogP contribution in [0.2, 0.25) is 0 Å². The fourth-order valence-corrected chi connectivity index (χ4v) is 5.91. The number of halogens is 1. The Kier molecular flexibility index (Phi) is 6.31. The van der Waals surface area contributed by atoms with Crippen LogP contribution >= 0.6 is 0 Å². The first-order chi connectivity index (χ1) is 19.9. The molecule has 0 atom stereocenters. The number of anilines is 2. The fourth-order valence-electron chi connectivity index (χ4n) is 5.91. The van der Waals surface area contributed by atoms with Crippen LogP contribution in [0.5, 0.6) is 11.5 Å². The van der Waals surface area contributed by atoms with Gasteiger partial charge in [-0.2, -0.15) is 0 Å². The molecular weight excluding hydrogens is 523 g/mol. The molecule has 1 saturated heterocycles. The first-order valence-corrected chi connectivity index (χ1v) is 13.9. The number of hydrogen-bond acceptors (Lipinski definition) is 6. The molecule has 4 aromatic rings. The molecule has 2 fully saturated rings. The minimum Gasteiger partial charge on any atom is -0.486 e. The maximum absolute atomic E-state index is 14.6. The van der Waals surface area contributed by atoms with Gasteiger partial charge in [0.1, 0.15) is 19.0 Å². The van der Waals surface area contributed by atoms with E-state index in [0.29, 0.717) is 46.9 Å². The number of ether oxygens (including phenoxy) is 2. The van der Waals surface area contributed by atoms with Crippen molar-refractivity contribution in [3.8, 4) is 11.5 Å². The lowest BCUT2D eigenvalue weighted by atomic mass is 9.63. The first-order valence-electron chi connectivity index (χ1n) is 13.9. The van der Waals surface area contributed by atoms with Gasteiger partial charge in [-0.25, -0.2) is 4.39 Å².